The molecule has 2 atom stereocenters. The van der Waals surface area contributed by atoms with Crippen LogP contribution in [0.1, 0.15) is 45.2 Å². The number of sulfonamides is 1. The summed E-state index contributed by atoms with van der Waals surface area (Å²) in [5, 5.41) is 2.99. The second-order valence-corrected chi connectivity index (χ2v) is 9.40. The average molecular weight is 421 g/mol. The molecular weight excluding hydrogens is 391 g/mol. The highest BCUT2D eigenvalue weighted by Crippen LogP contribution is 2.27. The molecule has 2 aromatic carbocycles. The van der Waals surface area contributed by atoms with Crippen molar-refractivity contribution in [3.63, 3.8) is 0 Å². The van der Waals surface area contributed by atoms with E-state index in [1.807, 2.05) is 30.3 Å². The molecule has 0 aromatic heterocycles. The molecule has 0 saturated carbocycles. The van der Waals surface area contributed by atoms with Crippen LogP contribution in [0.25, 0.3) is 0 Å². The van der Waals surface area contributed by atoms with Crippen molar-refractivity contribution in [2.75, 3.05) is 10.6 Å². The van der Waals surface area contributed by atoms with E-state index in [0.29, 0.717) is 12.3 Å². The van der Waals surface area contributed by atoms with Crippen LogP contribution in [0, 0.1) is 11.7 Å². The molecule has 0 aliphatic rings. The Morgan fingerprint density at radius 1 is 1.07 bits per heavy atom. The Bertz CT molecular complexity index is 917. The van der Waals surface area contributed by atoms with Gasteiger partial charge in [-0.1, -0.05) is 63.2 Å². The van der Waals surface area contributed by atoms with Gasteiger partial charge in [0.15, 0.2) is 0 Å². The number of nitrogens with one attached hydrogen (secondary N) is 1. The molecule has 0 fully saturated rings. The first kappa shape index (κ1) is 22.9. The van der Waals surface area contributed by atoms with E-state index >= 15 is 0 Å². The molecule has 0 spiro atoms. The lowest BCUT2D eigenvalue weighted by Crippen LogP contribution is -2.50. The van der Waals surface area contributed by atoms with Crippen molar-refractivity contribution in [3.05, 3.63) is 66.0 Å². The maximum Gasteiger partial charge on any atom is 0.244 e. The molecule has 2 rings (SSSR count). The Morgan fingerprint density at radius 2 is 1.66 bits per heavy atom. The minimum absolute atomic E-state index is 0.128. The summed E-state index contributed by atoms with van der Waals surface area (Å²) in [7, 11) is -3.89. The SMILES string of the molecule is CC[C@@H](C(=O)N[C@@H](CC(C)C)c1ccccc1)N(c1ccccc1F)S(C)(=O)=O. The van der Waals surface area contributed by atoms with Crippen LogP contribution in [-0.2, 0) is 14.8 Å². The van der Waals surface area contributed by atoms with Crippen molar-refractivity contribution in [1.29, 1.82) is 0 Å². The Morgan fingerprint density at radius 3 is 2.17 bits per heavy atom. The van der Waals surface area contributed by atoms with Crippen LogP contribution < -0.4 is 9.62 Å². The molecular formula is C22H29FN2O3S. The van der Waals surface area contributed by atoms with Gasteiger partial charge in [0, 0.05) is 0 Å². The zero-order valence-electron chi connectivity index (χ0n) is 17.3. The molecule has 1 amide bonds. The van der Waals surface area contributed by atoms with E-state index in [9.17, 15) is 17.6 Å². The van der Waals surface area contributed by atoms with Crippen molar-refractivity contribution in [2.24, 2.45) is 5.92 Å². The van der Waals surface area contributed by atoms with Crippen LogP contribution in [0.3, 0.4) is 0 Å². The number of benzene rings is 2. The van der Waals surface area contributed by atoms with Crippen LogP contribution in [0.5, 0.6) is 0 Å². The molecule has 2 aromatic rings. The van der Waals surface area contributed by atoms with Gasteiger partial charge in [0.05, 0.1) is 18.0 Å². The van der Waals surface area contributed by atoms with Crippen LogP contribution >= 0.6 is 0 Å². The molecule has 0 aliphatic carbocycles. The lowest BCUT2D eigenvalue weighted by atomic mass is 9.96. The van der Waals surface area contributed by atoms with Crippen molar-refractivity contribution in [1.82, 2.24) is 5.32 Å². The topological polar surface area (TPSA) is 66.5 Å². The third-order valence-corrected chi connectivity index (χ3v) is 5.81. The fraction of sp³-hybridized carbons (Fsp3) is 0.409. The van der Waals surface area contributed by atoms with Crippen LogP contribution in [0.4, 0.5) is 10.1 Å². The first-order valence-corrected chi connectivity index (χ1v) is 11.6. The van der Waals surface area contributed by atoms with Gasteiger partial charge in [-0.3, -0.25) is 9.10 Å². The van der Waals surface area contributed by atoms with E-state index in [0.717, 1.165) is 16.1 Å². The largest absolute Gasteiger partial charge is 0.347 e. The van der Waals surface area contributed by atoms with E-state index in [1.54, 1.807) is 13.0 Å². The molecule has 0 aliphatic heterocycles. The van der Waals surface area contributed by atoms with Gasteiger partial charge in [0.1, 0.15) is 11.9 Å². The highest BCUT2D eigenvalue weighted by molar-refractivity contribution is 7.92. The standard InChI is InChI=1S/C22H29FN2O3S/c1-5-20(25(29(4,27)28)21-14-10-9-13-18(21)23)22(26)24-19(15-16(2)3)17-11-7-6-8-12-17/h6-14,16,19-20H,5,15H2,1-4H3,(H,24,26)/t19-,20-/m0/s1. The minimum atomic E-state index is -3.89. The highest BCUT2D eigenvalue weighted by Gasteiger charge is 2.34. The third-order valence-electron chi connectivity index (χ3n) is 4.65. The summed E-state index contributed by atoms with van der Waals surface area (Å²) in [5.41, 5.74) is 0.818. The van der Waals surface area contributed by atoms with E-state index in [4.69, 9.17) is 0 Å². The molecule has 0 heterocycles. The quantitative estimate of drug-likeness (QED) is 0.659. The summed E-state index contributed by atoms with van der Waals surface area (Å²) in [4.78, 5) is 13.2. The fourth-order valence-electron chi connectivity index (χ4n) is 3.37. The van der Waals surface area contributed by atoms with Crippen molar-refractivity contribution in [3.8, 4) is 0 Å². The van der Waals surface area contributed by atoms with Gasteiger partial charge in [0.25, 0.3) is 0 Å². The van der Waals surface area contributed by atoms with Gasteiger partial charge in [-0.15, -0.1) is 0 Å². The number of nitrogens with zero attached hydrogens (tertiary/aromatic N) is 1. The Labute approximate surface area is 173 Å². The van der Waals surface area contributed by atoms with E-state index in [2.05, 4.69) is 19.2 Å². The summed E-state index contributed by atoms with van der Waals surface area (Å²) < 4.78 is 40.3. The van der Waals surface area contributed by atoms with Crippen molar-refractivity contribution in [2.45, 2.75) is 45.7 Å². The van der Waals surface area contributed by atoms with Gasteiger partial charge < -0.3 is 5.32 Å². The molecule has 0 unspecified atom stereocenters. The lowest BCUT2D eigenvalue weighted by Gasteiger charge is -2.32. The van der Waals surface area contributed by atoms with E-state index in [-0.39, 0.29) is 18.2 Å². The Hall–Kier alpha value is -2.41. The zero-order chi connectivity index (χ0) is 21.6. The molecule has 1 N–H and O–H groups in total. The van der Waals surface area contributed by atoms with Gasteiger partial charge in [0.2, 0.25) is 15.9 Å². The Kier molecular flexibility index (Phi) is 7.79. The van der Waals surface area contributed by atoms with Gasteiger partial charge in [-0.2, -0.15) is 0 Å². The maximum atomic E-state index is 14.4. The first-order valence-electron chi connectivity index (χ1n) is 9.74. The van der Waals surface area contributed by atoms with Gasteiger partial charge in [-0.25, -0.2) is 12.8 Å². The number of halogens is 1. The molecule has 0 bridgehead atoms. The molecule has 7 heteroatoms. The summed E-state index contributed by atoms with van der Waals surface area (Å²) in [6.45, 7) is 5.83. The van der Waals surface area contributed by atoms with E-state index < -0.39 is 27.8 Å². The van der Waals surface area contributed by atoms with Gasteiger partial charge >= 0.3 is 0 Å². The second-order valence-electron chi connectivity index (χ2n) is 7.54. The number of anilines is 1. The predicted octanol–water partition coefficient (Wildman–Crippen LogP) is 4.27. The average Bonchev–Trinajstić information content (AvgIpc) is 2.65. The van der Waals surface area contributed by atoms with Gasteiger partial charge in [-0.05, 0) is 36.5 Å². The highest BCUT2D eigenvalue weighted by atomic mass is 32.2. The normalized spacial score (nSPS) is 13.7. The molecule has 5 nitrogen and oxygen atoms in total. The number of amides is 1. The zero-order valence-corrected chi connectivity index (χ0v) is 18.1. The number of hydrogen-bond donors (Lipinski definition) is 1. The van der Waals surface area contributed by atoms with Crippen molar-refractivity contribution < 1.29 is 17.6 Å². The second kappa shape index (κ2) is 9.87. The Balaban J connectivity index is 2.39. The van der Waals surface area contributed by atoms with E-state index in [1.165, 1.54) is 18.2 Å². The molecule has 158 valence electrons. The fourth-order valence-corrected chi connectivity index (χ4v) is 4.58. The molecule has 0 radical (unpaired) electrons. The third kappa shape index (κ3) is 6.03. The smallest absolute Gasteiger partial charge is 0.244 e. The lowest BCUT2D eigenvalue weighted by molar-refractivity contribution is -0.123. The molecule has 0 saturated heterocycles. The number of carbonyl (C=O) groups is 1. The summed E-state index contributed by atoms with van der Waals surface area (Å²) in [6.07, 6.45) is 1.89. The summed E-state index contributed by atoms with van der Waals surface area (Å²) >= 11 is 0. The van der Waals surface area contributed by atoms with Crippen LogP contribution in [-0.4, -0.2) is 26.6 Å². The number of rotatable bonds is 9. The van der Waals surface area contributed by atoms with Crippen LogP contribution in [0.15, 0.2) is 54.6 Å². The summed E-state index contributed by atoms with van der Waals surface area (Å²) in [6, 6.07) is 13.8. The minimum Gasteiger partial charge on any atom is -0.347 e. The van der Waals surface area contributed by atoms with Crippen LogP contribution in [0.2, 0.25) is 0 Å². The first-order chi connectivity index (χ1) is 13.6. The van der Waals surface area contributed by atoms with Crippen molar-refractivity contribution >= 4 is 21.6 Å². The predicted molar refractivity (Wildman–Crippen MR) is 115 cm³/mol. The maximum absolute atomic E-state index is 14.4. The monoisotopic (exact) mass is 420 g/mol. The summed E-state index contributed by atoms with van der Waals surface area (Å²) in [5.74, 6) is -0.820. The molecule has 29 heavy (non-hydrogen) atoms. The number of hydrogen-bond acceptors (Lipinski definition) is 3. The number of carbonyl (C=O) groups excluding carboxylic acids is 1. The number of para-hydroxylation sites is 1.